The summed E-state index contributed by atoms with van der Waals surface area (Å²) in [6, 6.07) is 13.2. The Balaban J connectivity index is 1.22. The summed E-state index contributed by atoms with van der Waals surface area (Å²) in [5, 5.41) is 0. The molecule has 7 aliphatic carbocycles. The van der Waals surface area contributed by atoms with E-state index in [0.29, 0.717) is 11.8 Å². The van der Waals surface area contributed by atoms with Crippen molar-refractivity contribution < 1.29 is 4.42 Å². The van der Waals surface area contributed by atoms with Crippen LogP contribution in [0.15, 0.2) is 105 Å². The van der Waals surface area contributed by atoms with Crippen molar-refractivity contribution in [1.82, 2.24) is 0 Å². The molecule has 1 saturated carbocycles. The highest BCUT2D eigenvalue weighted by Crippen LogP contribution is 2.62. The average Bonchev–Trinajstić information content (AvgIpc) is 3.72. The number of anilines is 3. The predicted octanol–water partition coefficient (Wildman–Crippen LogP) is 17.4. The molecule has 1 fully saturated rings. The maximum atomic E-state index is 7.85. The van der Waals surface area contributed by atoms with Crippen molar-refractivity contribution in [3.05, 3.63) is 139 Å². The predicted molar refractivity (Wildman–Crippen MR) is 302 cm³/mol. The molecule has 2 aromatic carbocycles. The Morgan fingerprint density at radius 2 is 1.21 bits per heavy atom. The van der Waals surface area contributed by atoms with Crippen LogP contribution in [0.25, 0.3) is 0 Å². The number of hydrogen-bond acceptors (Lipinski definition) is 3. The van der Waals surface area contributed by atoms with Gasteiger partial charge in [-0.3, -0.25) is 0 Å². The minimum Gasteiger partial charge on any atom is -0.445 e. The van der Waals surface area contributed by atoms with Gasteiger partial charge in [-0.15, -0.1) is 0 Å². The molecule has 4 heteroatoms. The Bertz CT molecular complexity index is 3010. The van der Waals surface area contributed by atoms with Crippen LogP contribution in [0, 0.1) is 16.7 Å². The Hall–Kier alpha value is -4.18. The molecular formula is C67H87BN2O. The second-order valence-corrected chi connectivity index (χ2v) is 30.0. The molecule has 3 heterocycles. The SMILES string of the molecule is CC1=CC2=C3B(C4=C(CC5C(=C4)C(C)(C)CCC5(C)C)N2c2cc4c(cc2C2C=CC=CC2)C(C)(C)CCC4(C)C)c2c(oc4c2C(C)(C)CCC4(C)C)N(c2ccc4c(c2)C(C)(C)CCC4(C)C)C3C1. The molecule has 1 aromatic heterocycles. The zero-order valence-corrected chi connectivity index (χ0v) is 47.2. The second kappa shape index (κ2) is 15.0. The lowest BCUT2D eigenvalue weighted by Crippen LogP contribution is -2.59. The molecule has 0 amide bonds. The molecule has 0 saturated heterocycles. The first kappa shape index (κ1) is 47.8. The van der Waals surface area contributed by atoms with Gasteiger partial charge in [0.15, 0.2) is 5.88 Å². The van der Waals surface area contributed by atoms with Crippen molar-refractivity contribution in [2.24, 2.45) is 16.7 Å². The number of furan rings is 1. The lowest BCUT2D eigenvalue weighted by atomic mass is 9.29. The Morgan fingerprint density at radius 3 is 1.87 bits per heavy atom. The van der Waals surface area contributed by atoms with E-state index >= 15 is 0 Å². The fourth-order valence-corrected chi connectivity index (χ4v) is 16.2. The zero-order valence-electron chi connectivity index (χ0n) is 47.2. The van der Waals surface area contributed by atoms with Crippen LogP contribution in [0.1, 0.15) is 233 Å². The molecule has 0 spiro atoms. The van der Waals surface area contributed by atoms with Crippen molar-refractivity contribution in [1.29, 1.82) is 0 Å². The fourth-order valence-electron chi connectivity index (χ4n) is 16.2. The number of benzene rings is 2. The van der Waals surface area contributed by atoms with Crippen molar-refractivity contribution >= 4 is 29.4 Å². The smallest absolute Gasteiger partial charge is 0.251 e. The van der Waals surface area contributed by atoms with Gasteiger partial charge in [-0.2, -0.15) is 0 Å². The lowest BCUT2D eigenvalue weighted by Gasteiger charge is -2.55. The molecule has 3 atom stereocenters. The minimum absolute atomic E-state index is 0.0390. The minimum atomic E-state index is -0.0731. The highest BCUT2D eigenvalue weighted by atomic mass is 16.4. The summed E-state index contributed by atoms with van der Waals surface area (Å²) in [6.45, 7) is 42.9. The first-order valence-corrected chi connectivity index (χ1v) is 28.4. The molecule has 3 aromatic rings. The van der Waals surface area contributed by atoms with E-state index in [2.05, 4.69) is 194 Å². The van der Waals surface area contributed by atoms with Gasteiger partial charge in [0.2, 0.25) is 0 Å². The van der Waals surface area contributed by atoms with E-state index in [-0.39, 0.29) is 56.1 Å². The molecule has 2 aliphatic heterocycles. The maximum absolute atomic E-state index is 7.85. The molecule has 0 radical (unpaired) electrons. The molecule has 0 bridgehead atoms. The van der Waals surface area contributed by atoms with Crippen LogP contribution in [-0.4, -0.2) is 12.8 Å². The highest BCUT2D eigenvalue weighted by Gasteiger charge is 2.58. The number of allylic oxidation sites excluding steroid dienone is 9. The van der Waals surface area contributed by atoms with Gasteiger partial charge in [-0.1, -0.05) is 164 Å². The van der Waals surface area contributed by atoms with Crippen LogP contribution in [0.2, 0.25) is 0 Å². The first-order valence-electron chi connectivity index (χ1n) is 28.4. The fraction of sp³-hybridized carbons (Fsp3) is 0.582. The number of rotatable bonds is 3. The van der Waals surface area contributed by atoms with E-state index in [9.17, 15) is 0 Å². The van der Waals surface area contributed by atoms with Gasteiger partial charge in [0, 0.05) is 34.1 Å². The van der Waals surface area contributed by atoms with E-state index < -0.39 is 0 Å². The summed E-state index contributed by atoms with van der Waals surface area (Å²) < 4.78 is 7.85. The number of nitrogens with zero attached hydrogens (tertiary/aromatic N) is 2. The zero-order chi connectivity index (χ0) is 50.5. The molecule has 9 aliphatic rings. The van der Waals surface area contributed by atoms with Crippen molar-refractivity contribution in [2.75, 3.05) is 9.80 Å². The van der Waals surface area contributed by atoms with Gasteiger partial charge in [0.05, 0.1) is 6.04 Å². The first-order chi connectivity index (χ1) is 33.0. The summed E-state index contributed by atoms with van der Waals surface area (Å²) in [6.07, 6.45) is 27.7. The Labute approximate surface area is 430 Å². The van der Waals surface area contributed by atoms with E-state index in [1.165, 1.54) is 94.6 Å². The average molecular weight is 947 g/mol. The highest BCUT2D eigenvalue weighted by molar-refractivity contribution is 6.89. The molecule has 71 heavy (non-hydrogen) atoms. The van der Waals surface area contributed by atoms with Crippen LogP contribution in [-0.2, 0) is 32.5 Å². The van der Waals surface area contributed by atoms with Crippen LogP contribution in [0.4, 0.5) is 17.3 Å². The Kier molecular flexibility index (Phi) is 10.1. The Morgan fingerprint density at radius 1 is 0.606 bits per heavy atom. The third-order valence-electron chi connectivity index (χ3n) is 21.4. The van der Waals surface area contributed by atoms with Crippen molar-refractivity contribution in [3.63, 3.8) is 0 Å². The summed E-state index contributed by atoms with van der Waals surface area (Å²) >= 11 is 0. The van der Waals surface area contributed by atoms with E-state index in [1.54, 1.807) is 33.3 Å². The van der Waals surface area contributed by atoms with Gasteiger partial charge in [0.1, 0.15) is 5.76 Å². The topological polar surface area (TPSA) is 19.6 Å². The summed E-state index contributed by atoms with van der Waals surface area (Å²) in [4.78, 5) is 5.70. The third kappa shape index (κ3) is 6.92. The van der Waals surface area contributed by atoms with Crippen molar-refractivity contribution in [3.8, 4) is 0 Å². The van der Waals surface area contributed by atoms with E-state index in [4.69, 9.17) is 4.42 Å². The standard InChI is InChI=1S/C67H87BN2O/c1-40-33-53-56-54(34-40)70(51-38-48-46(62(6,7)27-29-64(48,10)11)36-43(51)41-21-19-18-20-22-41)52-39-49-47(63(8,9)28-30-65(49,12)13)37-50(52)68(56)57-55-58(67(16,17)32-31-66(55,14)15)71-59(57)69(53)42-23-24-44-45(35-42)61(4,5)26-25-60(44,2)3/h18-21,23-24,34-38,41,49,53H,22,25-33,39H2,1-17H3. The molecule has 12 rings (SSSR count). The summed E-state index contributed by atoms with van der Waals surface area (Å²) in [7, 11) is 0. The van der Waals surface area contributed by atoms with Crippen molar-refractivity contribution in [2.45, 2.75) is 233 Å². The van der Waals surface area contributed by atoms with Gasteiger partial charge >= 0.3 is 0 Å². The van der Waals surface area contributed by atoms with Crippen LogP contribution < -0.4 is 15.3 Å². The van der Waals surface area contributed by atoms with Crippen LogP contribution in [0.5, 0.6) is 0 Å². The molecule has 3 nitrogen and oxygen atoms in total. The normalized spacial score (nSPS) is 29.2. The third-order valence-corrected chi connectivity index (χ3v) is 21.4. The van der Waals surface area contributed by atoms with Gasteiger partial charge in [0.25, 0.3) is 6.71 Å². The molecule has 3 unspecified atom stereocenters. The van der Waals surface area contributed by atoms with Gasteiger partial charge in [-0.25, -0.2) is 0 Å². The molecular weight excluding hydrogens is 860 g/mol. The maximum Gasteiger partial charge on any atom is 0.251 e. The lowest BCUT2D eigenvalue weighted by molar-refractivity contribution is 0.121. The van der Waals surface area contributed by atoms with Crippen LogP contribution in [0.3, 0.4) is 0 Å². The summed E-state index contributed by atoms with van der Waals surface area (Å²) in [5.74, 6) is 3.13. The van der Waals surface area contributed by atoms with Gasteiger partial charge in [-0.05, 0) is 195 Å². The largest absolute Gasteiger partial charge is 0.445 e. The summed E-state index contributed by atoms with van der Waals surface area (Å²) in [5.41, 5.74) is 23.2. The van der Waals surface area contributed by atoms with E-state index in [1.807, 2.05) is 0 Å². The number of hydrogen-bond donors (Lipinski definition) is 0. The monoisotopic (exact) mass is 947 g/mol. The molecule has 374 valence electrons. The number of fused-ring (bicyclic) bond motifs is 8. The quantitative estimate of drug-likeness (QED) is 0.244. The molecule has 0 N–H and O–H groups in total. The van der Waals surface area contributed by atoms with Crippen LogP contribution >= 0.6 is 0 Å². The van der Waals surface area contributed by atoms with E-state index in [0.717, 1.165) is 38.0 Å². The second-order valence-electron chi connectivity index (χ2n) is 30.0. The van der Waals surface area contributed by atoms with Gasteiger partial charge < -0.3 is 14.2 Å².